The predicted molar refractivity (Wildman–Crippen MR) is 61.7 cm³/mol. The van der Waals surface area contributed by atoms with E-state index >= 15 is 0 Å². The molecule has 0 aromatic heterocycles. The number of carbonyl (C=O) groups is 1. The second-order valence-electron chi connectivity index (χ2n) is 3.32. The number of aryl methyl sites for hydroxylation is 1. The number of sulfone groups is 1. The number of carboxylic acids is 1. The molecule has 5 nitrogen and oxygen atoms in total. The summed E-state index contributed by atoms with van der Waals surface area (Å²) in [5, 5.41) is 9.07. The van der Waals surface area contributed by atoms with Crippen LogP contribution in [0.3, 0.4) is 0 Å². The molecule has 0 aliphatic rings. The number of methoxy groups -OCH3 is 1. The number of aliphatic carboxylic acids is 1. The highest BCUT2D eigenvalue weighted by molar-refractivity contribution is 7.94. The van der Waals surface area contributed by atoms with Crippen molar-refractivity contribution in [1.29, 1.82) is 0 Å². The predicted octanol–water partition coefficient (Wildman–Crippen LogP) is 1.38. The summed E-state index contributed by atoms with van der Waals surface area (Å²) in [4.78, 5) is 10.4. The molecule has 1 aromatic carbocycles. The number of carboxylic acid groups (broad SMARTS) is 1. The van der Waals surface area contributed by atoms with Crippen LogP contribution in [0.2, 0.25) is 0 Å². The van der Waals surface area contributed by atoms with Crippen LogP contribution in [0.25, 0.3) is 0 Å². The molecule has 1 N–H and O–H groups in total. The molecule has 1 aromatic rings. The summed E-state index contributed by atoms with van der Waals surface area (Å²) in [6, 6.07) is 4.46. The van der Waals surface area contributed by atoms with Crippen LogP contribution in [0.4, 0.5) is 0 Å². The van der Waals surface area contributed by atoms with Crippen molar-refractivity contribution in [2.75, 3.05) is 7.11 Å². The van der Waals surface area contributed by atoms with E-state index in [0.717, 1.165) is 0 Å². The zero-order valence-corrected chi connectivity index (χ0v) is 10.2. The SMILES string of the molecule is COc1ccc(S(=O)(=O)/C=C/C(=O)O)c(C)c1. The largest absolute Gasteiger partial charge is 0.497 e. The van der Waals surface area contributed by atoms with Crippen LogP contribution in [0, 0.1) is 6.92 Å². The normalized spacial score (nSPS) is 11.6. The highest BCUT2D eigenvalue weighted by Gasteiger charge is 2.14. The summed E-state index contributed by atoms with van der Waals surface area (Å²) < 4.78 is 28.5. The van der Waals surface area contributed by atoms with E-state index in [4.69, 9.17) is 9.84 Å². The standard InChI is InChI=1S/C11H12O5S/c1-8-7-9(16-2)3-4-10(8)17(14,15)6-5-11(12)13/h3-7H,1-2H3,(H,12,13)/b6-5+. The molecule has 0 bridgehead atoms. The third kappa shape index (κ3) is 3.32. The number of hydrogen-bond donors (Lipinski definition) is 1. The molecule has 6 heteroatoms. The number of hydrogen-bond acceptors (Lipinski definition) is 4. The fraction of sp³-hybridized carbons (Fsp3) is 0.182. The monoisotopic (exact) mass is 256 g/mol. The van der Waals surface area contributed by atoms with Gasteiger partial charge in [0.05, 0.1) is 12.0 Å². The van der Waals surface area contributed by atoms with E-state index in [-0.39, 0.29) is 4.90 Å². The molecule has 0 aliphatic carbocycles. The fourth-order valence-electron chi connectivity index (χ4n) is 1.29. The molecule has 0 atom stereocenters. The first-order valence-electron chi connectivity index (χ1n) is 4.67. The molecule has 0 spiro atoms. The maximum absolute atomic E-state index is 11.8. The summed E-state index contributed by atoms with van der Waals surface area (Å²) in [6.45, 7) is 1.62. The lowest BCUT2D eigenvalue weighted by Gasteiger charge is -2.06. The first-order valence-corrected chi connectivity index (χ1v) is 6.22. The fourth-order valence-corrected chi connectivity index (χ4v) is 2.50. The van der Waals surface area contributed by atoms with Crippen LogP contribution in [0.5, 0.6) is 5.75 Å². The van der Waals surface area contributed by atoms with E-state index in [1.165, 1.54) is 19.2 Å². The molecule has 0 unspecified atom stereocenters. The molecular weight excluding hydrogens is 244 g/mol. The third-order valence-electron chi connectivity index (χ3n) is 2.08. The van der Waals surface area contributed by atoms with E-state index < -0.39 is 15.8 Å². The maximum atomic E-state index is 11.8. The molecule has 0 amide bonds. The Labute approximate surface area is 99.3 Å². The zero-order chi connectivity index (χ0) is 13.1. The van der Waals surface area contributed by atoms with Gasteiger partial charge in [-0.15, -0.1) is 0 Å². The average Bonchev–Trinajstić information content (AvgIpc) is 2.26. The van der Waals surface area contributed by atoms with Gasteiger partial charge in [0.25, 0.3) is 0 Å². The second kappa shape index (κ2) is 5.01. The summed E-state index contributed by atoms with van der Waals surface area (Å²) in [5.41, 5.74) is 0.499. The summed E-state index contributed by atoms with van der Waals surface area (Å²) in [6.07, 6.45) is 0.596. The first-order chi connectivity index (χ1) is 7.86. The van der Waals surface area contributed by atoms with E-state index in [0.29, 0.717) is 22.8 Å². The smallest absolute Gasteiger partial charge is 0.329 e. The maximum Gasteiger partial charge on any atom is 0.329 e. The average molecular weight is 256 g/mol. The number of benzene rings is 1. The van der Waals surface area contributed by atoms with Crippen molar-refractivity contribution >= 4 is 15.8 Å². The highest BCUT2D eigenvalue weighted by atomic mass is 32.2. The topological polar surface area (TPSA) is 80.7 Å². The highest BCUT2D eigenvalue weighted by Crippen LogP contribution is 2.22. The van der Waals surface area contributed by atoms with Crippen molar-refractivity contribution in [3.63, 3.8) is 0 Å². The van der Waals surface area contributed by atoms with Crippen molar-refractivity contribution in [3.05, 3.63) is 35.2 Å². The Hall–Kier alpha value is -1.82. The minimum Gasteiger partial charge on any atom is -0.497 e. The Kier molecular flexibility index (Phi) is 3.90. The van der Waals surface area contributed by atoms with Gasteiger partial charge in [0.2, 0.25) is 0 Å². The lowest BCUT2D eigenvalue weighted by atomic mass is 10.2. The van der Waals surface area contributed by atoms with Crippen molar-refractivity contribution < 1.29 is 23.1 Å². The third-order valence-corrected chi connectivity index (χ3v) is 3.64. The van der Waals surface area contributed by atoms with Crippen molar-refractivity contribution in [2.45, 2.75) is 11.8 Å². The van der Waals surface area contributed by atoms with Crippen LogP contribution in [0.15, 0.2) is 34.6 Å². The lowest BCUT2D eigenvalue weighted by Crippen LogP contribution is -2.01. The van der Waals surface area contributed by atoms with E-state index in [1.54, 1.807) is 13.0 Å². The minimum atomic E-state index is -3.73. The second-order valence-corrected chi connectivity index (χ2v) is 5.12. The van der Waals surface area contributed by atoms with Gasteiger partial charge in [-0.3, -0.25) is 0 Å². The van der Waals surface area contributed by atoms with E-state index in [9.17, 15) is 13.2 Å². The quantitative estimate of drug-likeness (QED) is 0.823. The van der Waals surface area contributed by atoms with Gasteiger partial charge >= 0.3 is 5.97 Å². The first kappa shape index (κ1) is 13.2. The number of rotatable bonds is 4. The van der Waals surface area contributed by atoms with Gasteiger partial charge in [-0.2, -0.15) is 0 Å². The molecule has 0 fully saturated rings. The molecule has 17 heavy (non-hydrogen) atoms. The molecule has 0 saturated heterocycles. The molecule has 0 heterocycles. The summed E-state index contributed by atoms with van der Waals surface area (Å²) in [5.74, 6) is -0.761. The zero-order valence-electron chi connectivity index (χ0n) is 9.38. The van der Waals surface area contributed by atoms with Crippen LogP contribution in [-0.2, 0) is 14.6 Å². The molecule has 0 aliphatic heterocycles. The Balaban J connectivity index is 3.20. The Bertz CT molecular complexity index is 557. The van der Waals surface area contributed by atoms with Crippen LogP contribution < -0.4 is 4.74 Å². The van der Waals surface area contributed by atoms with Gasteiger partial charge < -0.3 is 9.84 Å². The Morgan fingerprint density at radius 2 is 2.06 bits per heavy atom. The number of ether oxygens (including phenoxy) is 1. The van der Waals surface area contributed by atoms with Gasteiger partial charge in [0.1, 0.15) is 5.75 Å². The van der Waals surface area contributed by atoms with Gasteiger partial charge in [-0.1, -0.05) is 0 Å². The van der Waals surface area contributed by atoms with Crippen LogP contribution in [-0.4, -0.2) is 26.6 Å². The summed E-state index contributed by atoms with van der Waals surface area (Å²) >= 11 is 0. The summed E-state index contributed by atoms with van der Waals surface area (Å²) in [7, 11) is -2.25. The van der Waals surface area contributed by atoms with Crippen LogP contribution >= 0.6 is 0 Å². The molecule has 0 radical (unpaired) electrons. The molecule has 92 valence electrons. The van der Waals surface area contributed by atoms with E-state index in [1.807, 2.05) is 0 Å². The van der Waals surface area contributed by atoms with Gasteiger partial charge in [-0.25, -0.2) is 13.2 Å². The molecule has 1 rings (SSSR count). The molecule has 0 saturated carbocycles. The van der Waals surface area contributed by atoms with E-state index in [2.05, 4.69) is 0 Å². The van der Waals surface area contributed by atoms with Crippen LogP contribution in [0.1, 0.15) is 5.56 Å². The lowest BCUT2D eigenvalue weighted by molar-refractivity contribution is -0.131. The van der Waals surface area contributed by atoms with Gasteiger partial charge in [0.15, 0.2) is 9.84 Å². The van der Waals surface area contributed by atoms with Crippen molar-refractivity contribution in [3.8, 4) is 5.75 Å². The van der Waals surface area contributed by atoms with Gasteiger partial charge in [-0.05, 0) is 30.7 Å². The molecular formula is C11H12O5S. The Morgan fingerprint density at radius 3 is 2.53 bits per heavy atom. The van der Waals surface area contributed by atoms with Crippen molar-refractivity contribution in [1.82, 2.24) is 0 Å². The minimum absolute atomic E-state index is 0.0656. The van der Waals surface area contributed by atoms with Crippen molar-refractivity contribution in [2.24, 2.45) is 0 Å². The Morgan fingerprint density at radius 1 is 1.41 bits per heavy atom. The van der Waals surface area contributed by atoms with Gasteiger partial charge in [0, 0.05) is 11.5 Å².